The maximum atomic E-state index is 11.8. The van der Waals surface area contributed by atoms with Crippen LogP contribution in [0, 0.1) is 0 Å². The third-order valence-corrected chi connectivity index (χ3v) is 2.66. The quantitative estimate of drug-likeness (QED) is 0.873. The lowest BCUT2D eigenvalue weighted by Gasteiger charge is -2.13. The summed E-state index contributed by atoms with van der Waals surface area (Å²) in [5.74, 6) is -0.481. The minimum atomic E-state index is -0.537. The first-order valence-corrected chi connectivity index (χ1v) is 6.31. The Hall–Kier alpha value is -1.59. The lowest BCUT2D eigenvalue weighted by Crippen LogP contribution is -2.27. The third-order valence-electron chi connectivity index (χ3n) is 2.33. The van der Waals surface area contributed by atoms with E-state index in [1.807, 2.05) is 6.92 Å². The van der Waals surface area contributed by atoms with E-state index < -0.39 is 6.10 Å². The van der Waals surface area contributed by atoms with Gasteiger partial charge in [0.05, 0.1) is 10.7 Å². The standard InChI is InChI=1S/C13H17ClN2O3/c1-4-19-8(2)13(18)16-10-5-6-11(14)12(7-10)15-9(3)17/h5-8H,4H2,1-3H3,(H,15,17)(H,16,18). The van der Waals surface area contributed by atoms with Gasteiger partial charge in [0.15, 0.2) is 0 Å². The van der Waals surface area contributed by atoms with Crippen LogP contribution in [-0.2, 0) is 14.3 Å². The van der Waals surface area contributed by atoms with Crippen molar-refractivity contribution in [2.45, 2.75) is 26.9 Å². The second-order valence-electron chi connectivity index (χ2n) is 3.96. The van der Waals surface area contributed by atoms with Crippen molar-refractivity contribution in [2.24, 2.45) is 0 Å². The van der Waals surface area contributed by atoms with Gasteiger partial charge in [0.1, 0.15) is 6.10 Å². The van der Waals surface area contributed by atoms with E-state index in [4.69, 9.17) is 16.3 Å². The molecular formula is C13H17ClN2O3. The second kappa shape index (κ2) is 7.11. The number of rotatable bonds is 5. The normalized spacial score (nSPS) is 11.8. The fourth-order valence-corrected chi connectivity index (χ4v) is 1.62. The SMILES string of the molecule is CCOC(C)C(=O)Nc1ccc(Cl)c(NC(C)=O)c1. The Bertz CT molecular complexity index is 477. The van der Waals surface area contributed by atoms with Gasteiger partial charge in [-0.25, -0.2) is 0 Å². The van der Waals surface area contributed by atoms with Crippen LogP contribution in [0.5, 0.6) is 0 Å². The highest BCUT2D eigenvalue weighted by molar-refractivity contribution is 6.33. The van der Waals surface area contributed by atoms with Crippen LogP contribution in [0.1, 0.15) is 20.8 Å². The highest BCUT2D eigenvalue weighted by Crippen LogP contribution is 2.25. The van der Waals surface area contributed by atoms with Crippen LogP contribution < -0.4 is 10.6 Å². The summed E-state index contributed by atoms with van der Waals surface area (Å²) in [4.78, 5) is 22.8. The van der Waals surface area contributed by atoms with E-state index in [2.05, 4.69) is 10.6 Å². The number of nitrogens with one attached hydrogen (secondary N) is 2. The van der Waals surface area contributed by atoms with E-state index in [0.717, 1.165) is 0 Å². The smallest absolute Gasteiger partial charge is 0.253 e. The Kier molecular flexibility index (Phi) is 5.79. The first-order chi connectivity index (χ1) is 8.93. The maximum absolute atomic E-state index is 11.8. The van der Waals surface area contributed by atoms with Crippen molar-refractivity contribution in [3.8, 4) is 0 Å². The molecule has 0 aliphatic carbocycles. The Balaban J connectivity index is 2.79. The van der Waals surface area contributed by atoms with Gasteiger partial charge in [-0.15, -0.1) is 0 Å². The zero-order valence-corrected chi connectivity index (χ0v) is 11.9. The molecule has 0 aliphatic rings. The summed E-state index contributed by atoms with van der Waals surface area (Å²) >= 11 is 5.94. The van der Waals surface area contributed by atoms with Crippen LogP contribution in [0.25, 0.3) is 0 Å². The molecule has 1 rings (SSSR count). The number of amides is 2. The van der Waals surface area contributed by atoms with E-state index in [-0.39, 0.29) is 11.8 Å². The molecule has 6 heteroatoms. The van der Waals surface area contributed by atoms with Crippen LogP contribution in [0.2, 0.25) is 5.02 Å². The average molecular weight is 285 g/mol. The van der Waals surface area contributed by atoms with Crippen molar-refractivity contribution in [1.82, 2.24) is 0 Å². The van der Waals surface area contributed by atoms with E-state index in [9.17, 15) is 9.59 Å². The highest BCUT2D eigenvalue weighted by Gasteiger charge is 2.13. The lowest BCUT2D eigenvalue weighted by atomic mass is 10.2. The van der Waals surface area contributed by atoms with Crippen molar-refractivity contribution in [3.05, 3.63) is 23.2 Å². The van der Waals surface area contributed by atoms with E-state index in [1.54, 1.807) is 25.1 Å². The molecule has 0 spiro atoms. The molecule has 0 bridgehead atoms. The average Bonchev–Trinajstić information content (AvgIpc) is 2.33. The Labute approximate surface area is 117 Å². The summed E-state index contributed by atoms with van der Waals surface area (Å²) in [5.41, 5.74) is 1.00. The number of ether oxygens (including phenoxy) is 1. The van der Waals surface area contributed by atoms with Crippen molar-refractivity contribution >= 4 is 34.8 Å². The second-order valence-corrected chi connectivity index (χ2v) is 4.37. The zero-order chi connectivity index (χ0) is 14.4. The summed E-state index contributed by atoms with van der Waals surface area (Å²) in [5, 5.41) is 5.69. The molecule has 104 valence electrons. The molecule has 0 saturated carbocycles. The molecule has 1 unspecified atom stereocenters. The van der Waals surface area contributed by atoms with Gasteiger partial charge in [0.2, 0.25) is 5.91 Å². The molecule has 2 amide bonds. The molecule has 0 heterocycles. The topological polar surface area (TPSA) is 67.4 Å². The molecular weight excluding hydrogens is 268 g/mol. The first kappa shape index (κ1) is 15.5. The molecule has 1 aromatic carbocycles. The maximum Gasteiger partial charge on any atom is 0.253 e. The van der Waals surface area contributed by atoms with Crippen LogP contribution in [-0.4, -0.2) is 24.5 Å². The van der Waals surface area contributed by atoms with Gasteiger partial charge in [-0.1, -0.05) is 11.6 Å². The molecule has 0 aliphatic heterocycles. The fraction of sp³-hybridized carbons (Fsp3) is 0.385. The number of carbonyl (C=O) groups is 2. The molecule has 2 N–H and O–H groups in total. The van der Waals surface area contributed by atoms with Gasteiger partial charge < -0.3 is 15.4 Å². The fourth-order valence-electron chi connectivity index (χ4n) is 1.46. The molecule has 0 aromatic heterocycles. The van der Waals surface area contributed by atoms with Crippen LogP contribution in [0.15, 0.2) is 18.2 Å². The summed E-state index contributed by atoms with van der Waals surface area (Å²) in [6.45, 7) is 5.34. The molecule has 0 saturated heterocycles. The Morgan fingerprint density at radius 2 is 2.05 bits per heavy atom. The molecule has 0 fully saturated rings. The van der Waals surface area contributed by atoms with Gasteiger partial charge in [-0.05, 0) is 32.0 Å². The van der Waals surface area contributed by atoms with Crippen LogP contribution in [0.3, 0.4) is 0 Å². The predicted molar refractivity (Wildman–Crippen MR) is 75.5 cm³/mol. The summed E-state index contributed by atoms with van der Waals surface area (Å²) in [6, 6.07) is 4.86. The predicted octanol–water partition coefficient (Wildman–Crippen LogP) is 2.66. The highest BCUT2D eigenvalue weighted by atomic mass is 35.5. The van der Waals surface area contributed by atoms with Crippen molar-refractivity contribution < 1.29 is 14.3 Å². The van der Waals surface area contributed by atoms with Gasteiger partial charge in [-0.3, -0.25) is 9.59 Å². The molecule has 1 aromatic rings. The van der Waals surface area contributed by atoms with Gasteiger partial charge >= 0.3 is 0 Å². The van der Waals surface area contributed by atoms with Crippen LogP contribution in [0.4, 0.5) is 11.4 Å². The van der Waals surface area contributed by atoms with Crippen molar-refractivity contribution in [1.29, 1.82) is 0 Å². The van der Waals surface area contributed by atoms with E-state index in [0.29, 0.717) is 23.0 Å². The summed E-state index contributed by atoms with van der Waals surface area (Å²) < 4.78 is 5.19. The molecule has 0 radical (unpaired) electrons. The van der Waals surface area contributed by atoms with Crippen molar-refractivity contribution in [3.63, 3.8) is 0 Å². The van der Waals surface area contributed by atoms with Gasteiger partial charge in [0.25, 0.3) is 5.91 Å². The van der Waals surface area contributed by atoms with Gasteiger partial charge in [0, 0.05) is 19.2 Å². The minimum Gasteiger partial charge on any atom is -0.369 e. The monoisotopic (exact) mass is 284 g/mol. The van der Waals surface area contributed by atoms with Crippen LogP contribution >= 0.6 is 11.6 Å². The summed E-state index contributed by atoms with van der Waals surface area (Å²) in [7, 11) is 0. The first-order valence-electron chi connectivity index (χ1n) is 5.93. The largest absolute Gasteiger partial charge is 0.369 e. The zero-order valence-electron chi connectivity index (χ0n) is 11.1. The summed E-state index contributed by atoms with van der Waals surface area (Å²) in [6.07, 6.45) is -0.537. The van der Waals surface area contributed by atoms with E-state index >= 15 is 0 Å². The Morgan fingerprint density at radius 1 is 1.37 bits per heavy atom. The molecule has 19 heavy (non-hydrogen) atoms. The molecule has 5 nitrogen and oxygen atoms in total. The van der Waals surface area contributed by atoms with Crippen molar-refractivity contribution in [2.75, 3.05) is 17.2 Å². The minimum absolute atomic E-state index is 0.229. The number of hydrogen-bond acceptors (Lipinski definition) is 3. The molecule has 1 atom stereocenters. The number of anilines is 2. The number of benzene rings is 1. The third kappa shape index (κ3) is 4.89. The lowest BCUT2D eigenvalue weighted by molar-refractivity contribution is -0.126. The van der Waals surface area contributed by atoms with Gasteiger partial charge in [-0.2, -0.15) is 0 Å². The number of halogens is 1. The van der Waals surface area contributed by atoms with E-state index in [1.165, 1.54) is 6.92 Å². The number of hydrogen-bond donors (Lipinski definition) is 2. The number of carbonyl (C=O) groups excluding carboxylic acids is 2. The Morgan fingerprint density at radius 3 is 2.63 bits per heavy atom.